The Morgan fingerprint density at radius 2 is 2.10 bits per heavy atom. The second-order valence-electron chi connectivity index (χ2n) is 4.40. The normalized spacial score (nSPS) is 13.1. The maximum atomic E-state index is 12.8. The van der Waals surface area contributed by atoms with Crippen molar-refractivity contribution in [2.24, 2.45) is 0 Å². The number of hydrogen-bond donors (Lipinski definition) is 2. The molecule has 1 atom stereocenters. The third-order valence-corrected chi connectivity index (χ3v) is 2.71. The fourth-order valence-corrected chi connectivity index (χ4v) is 1.77. The van der Waals surface area contributed by atoms with Crippen molar-refractivity contribution in [2.45, 2.75) is 32.0 Å². The number of hydrogen-bond acceptors (Lipinski definition) is 4. The number of nitrogens with one attached hydrogen (secondary N) is 1. The van der Waals surface area contributed by atoms with Gasteiger partial charge < -0.3 is 10.4 Å². The summed E-state index contributed by atoms with van der Waals surface area (Å²) in [6.07, 6.45) is -3.68. The lowest BCUT2D eigenvalue weighted by Gasteiger charge is -2.16. The summed E-state index contributed by atoms with van der Waals surface area (Å²) in [5.41, 5.74) is -2.08. The Bertz CT molecular complexity index is 478. The Kier molecular flexibility index (Phi) is 5.32. The van der Waals surface area contributed by atoms with Crippen molar-refractivity contribution in [3.05, 3.63) is 33.9 Å². The Balaban J connectivity index is 2.98. The molecular formula is C12H15F3N2O3. The Labute approximate surface area is 113 Å². The maximum absolute atomic E-state index is 12.8. The summed E-state index contributed by atoms with van der Waals surface area (Å²) in [4.78, 5) is 9.55. The smallest absolute Gasteiger partial charge is 0.396 e. The van der Waals surface area contributed by atoms with Gasteiger partial charge in [-0.15, -0.1) is 0 Å². The van der Waals surface area contributed by atoms with Gasteiger partial charge in [-0.2, -0.15) is 13.2 Å². The summed E-state index contributed by atoms with van der Waals surface area (Å²) >= 11 is 0. The molecule has 1 rings (SSSR count). The molecule has 0 fully saturated rings. The molecule has 1 aromatic carbocycles. The second kappa shape index (κ2) is 6.56. The van der Waals surface area contributed by atoms with E-state index in [1.165, 1.54) is 6.07 Å². The molecule has 0 heterocycles. The average molecular weight is 292 g/mol. The molecular weight excluding hydrogens is 277 g/mol. The molecule has 20 heavy (non-hydrogen) atoms. The number of benzene rings is 1. The number of nitrogens with zero attached hydrogens (tertiary/aromatic N) is 1. The summed E-state index contributed by atoms with van der Waals surface area (Å²) in [6, 6.07) is 2.66. The number of halogens is 3. The lowest BCUT2D eigenvalue weighted by atomic mass is 10.1. The molecule has 0 saturated carbocycles. The average Bonchev–Trinajstić information content (AvgIpc) is 2.35. The van der Waals surface area contributed by atoms with Gasteiger partial charge in [-0.05, 0) is 31.9 Å². The Morgan fingerprint density at radius 3 is 2.60 bits per heavy atom. The fourth-order valence-electron chi connectivity index (χ4n) is 1.77. The van der Waals surface area contributed by atoms with E-state index in [-0.39, 0.29) is 18.3 Å². The van der Waals surface area contributed by atoms with Gasteiger partial charge in [-0.25, -0.2) is 0 Å². The van der Waals surface area contributed by atoms with Crippen molar-refractivity contribution >= 4 is 11.4 Å². The van der Waals surface area contributed by atoms with Crippen LogP contribution >= 0.6 is 0 Å². The van der Waals surface area contributed by atoms with Crippen molar-refractivity contribution in [3.8, 4) is 0 Å². The third-order valence-electron chi connectivity index (χ3n) is 2.71. The number of alkyl halides is 3. The number of aliphatic hydroxyl groups excluding tert-OH is 1. The van der Waals surface area contributed by atoms with E-state index in [1.54, 1.807) is 6.92 Å². The van der Waals surface area contributed by atoms with E-state index in [4.69, 9.17) is 5.11 Å². The van der Waals surface area contributed by atoms with Gasteiger partial charge in [0.1, 0.15) is 5.56 Å². The summed E-state index contributed by atoms with van der Waals surface area (Å²) in [5.74, 6) is 0. The zero-order valence-electron chi connectivity index (χ0n) is 10.8. The zero-order chi connectivity index (χ0) is 15.3. The van der Waals surface area contributed by atoms with Gasteiger partial charge in [0.2, 0.25) is 0 Å². The number of rotatable bonds is 6. The van der Waals surface area contributed by atoms with Gasteiger partial charge in [0.15, 0.2) is 0 Å². The van der Waals surface area contributed by atoms with Crippen LogP contribution in [0.4, 0.5) is 24.5 Å². The van der Waals surface area contributed by atoms with Crippen molar-refractivity contribution < 1.29 is 23.2 Å². The molecule has 0 aliphatic rings. The third kappa shape index (κ3) is 4.37. The van der Waals surface area contributed by atoms with E-state index in [1.807, 2.05) is 0 Å². The molecule has 1 unspecified atom stereocenters. The van der Waals surface area contributed by atoms with Gasteiger partial charge in [-0.1, -0.05) is 0 Å². The van der Waals surface area contributed by atoms with E-state index in [9.17, 15) is 23.3 Å². The highest BCUT2D eigenvalue weighted by Crippen LogP contribution is 2.37. The lowest BCUT2D eigenvalue weighted by molar-refractivity contribution is -0.388. The van der Waals surface area contributed by atoms with E-state index >= 15 is 0 Å². The highest BCUT2D eigenvalue weighted by atomic mass is 19.4. The number of nitro groups is 1. The summed E-state index contributed by atoms with van der Waals surface area (Å²) in [5, 5.41) is 22.1. The van der Waals surface area contributed by atoms with Crippen molar-refractivity contribution in [1.29, 1.82) is 0 Å². The highest BCUT2D eigenvalue weighted by molar-refractivity contribution is 5.55. The van der Waals surface area contributed by atoms with Crippen LogP contribution in [0, 0.1) is 10.1 Å². The number of anilines is 1. The molecule has 0 amide bonds. The number of nitro benzene ring substituents is 1. The first kappa shape index (κ1) is 16.2. The van der Waals surface area contributed by atoms with Gasteiger partial charge >= 0.3 is 6.18 Å². The topological polar surface area (TPSA) is 75.4 Å². The largest absolute Gasteiger partial charge is 0.423 e. The minimum atomic E-state index is -4.78. The number of aliphatic hydroxyl groups is 1. The Hall–Kier alpha value is -1.83. The van der Waals surface area contributed by atoms with Crippen LogP contribution in [0.25, 0.3) is 0 Å². The van der Waals surface area contributed by atoms with Crippen LogP contribution in [-0.4, -0.2) is 22.7 Å². The quantitative estimate of drug-likeness (QED) is 0.623. The monoisotopic (exact) mass is 292 g/mol. The first-order chi connectivity index (χ1) is 9.25. The summed E-state index contributed by atoms with van der Waals surface area (Å²) in [7, 11) is 0. The molecule has 112 valence electrons. The van der Waals surface area contributed by atoms with E-state index in [2.05, 4.69) is 5.32 Å². The minimum Gasteiger partial charge on any atom is -0.396 e. The first-order valence-corrected chi connectivity index (χ1v) is 5.98. The van der Waals surface area contributed by atoms with Gasteiger partial charge in [-0.3, -0.25) is 10.1 Å². The van der Waals surface area contributed by atoms with Crippen LogP contribution in [0.5, 0.6) is 0 Å². The van der Waals surface area contributed by atoms with E-state index in [0.717, 1.165) is 12.1 Å². The predicted octanol–water partition coefficient (Wildman–Crippen LogP) is 3.19. The standard InChI is InChI=1S/C12H15F3N2O3/c1-8(3-2-6-18)16-9-4-5-11(17(19)20)10(7-9)12(13,14)15/h4-5,7-8,16,18H,2-3,6H2,1H3. The molecule has 2 N–H and O–H groups in total. The SMILES string of the molecule is CC(CCCO)Nc1ccc([N+](=O)[O-])c(C(F)(F)F)c1. The highest BCUT2D eigenvalue weighted by Gasteiger charge is 2.38. The van der Waals surface area contributed by atoms with Gasteiger partial charge in [0, 0.05) is 24.4 Å². The molecule has 0 aliphatic carbocycles. The molecule has 5 nitrogen and oxygen atoms in total. The second-order valence-corrected chi connectivity index (χ2v) is 4.40. The predicted molar refractivity (Wildman–Crippen MR) is 67.5 cm³/mol. The van der Waals surface area contributed by atoms with Crippen LogP contribution in [-0.2, 0) is 6.18 Å². The minimum absolute atomic E-state index is 0.0000819. The van der Waals surface area contributed by atoms with Crippen LogP contribution in [0.2, 0.25) is 0 Å². The molecule has 8 heteroatoms. The van der Waals surface area contributed by atoms with E-state index in [0.29, 0.717) is 12.8 Å². The molecule has 0 radical (unpaired) electrons. The molecule has 1 aromatic rings. The Morgan fingerprint density at radius 1 is 1.45 bits per heavy atom. The van der Waals surface area contributed by atoms with Crippen LogP contribution in [0.3, 0.4) is 0 Å². The fraction of sp³-hybridized carbons (Fsp3) is 0.500. The van der Waals surface area contributed by atoms with Crippen molar-refractivity contribution in [2.75, 3.05) is 11.9 Å². The molecule has 0 bridgehead atoms. The van der Waals surface area contributed by atoms with Crippen LogP contribution in [0.1, 0.15) is 25.3 Å². The zero-order valence-corrected chi connectivity index (χ0v) is 10.8. The molecule has 0 spiro atoms. The van der Waals surface area contributed by atoms with Gasteiger partial charge in [0.25, 0.3) is 5.69 Å². The van der Waals surface area contributed by atoms with Crippen LogP contribution < -0.4 is 5.32 Å². The van der Waals surface area contributed by atoms with Crippen LogP contribution in [0.15, 0.2) is 18.2 Å². The van der Waals surface area contributed by atoms with Crippen molar-refractivity contribution in [3.63, 3.8) is 0 Å². The van der Waals surface area contributed by atoms with E-state index < -0.39 is 22.4 Å². The summed E-state index contributed by atoms with van der Waals surface area (Å²) < 4.78 is 38.3. The molecule has 0 aromatic heterocycles. The maximum Gasteiger partial charge on any atom is 0.423 e. The molecule has 0 aliphatic heterocycles. The van der Waals surface area contributed by atoms with Crippen molar-refractivity contribution in [1.82, 2.24) is 0 Å². The molecule has 0 saturated heterocycles. The van der Waals surface area contributed by atoms with Gasteiger partial charge in [0.05, 0.1) is 4.92 Å². The lowest BCUT2D eigenvalue weighted by Crippen LogP contribution is -2.16. The first-order valence-electron chi connectivity index (χ1n) is 5.98. The summed E-state index contributed by atoms with van der Waals surface area (Å²) in [6.45, 7) is 1.75.